The van der Waals surface area contributed by atoms with E-state index in [9.17, 15) is 9.18 Å². The summed E-state index contributed by atoms with van der Waals surface area (Å²) in [5.41, 5.74) is 1.13. The molecular formula is C13H18FNO2. The summed E-state index contributed by atoms with van der Waals surface area (Å²) in [5, 5.41) is 2.72. The fraction of sp³-hybridized carbons (Fsp3) is 0.462. The number of nitrogens with one attached hydrogen (secondary N) is 1. The van der Waals surface area contributed by atoms with Crippen molar-refractivity contribution in [2.45, 2.75) is 26.9 Å². The van der Waals surface area contributed by atoms with E-state index in [2.05, 4.69) is 5.32 Å². The van der Waals surface area contributed by atoms with Crippen molar-refractivity contribution < 1.29 is 13.9 Å². The Hall–Kier alpha value is -1.42. The van der Waals surface area contributed by atoms with Gasteiger partial charge in [0.15, 0.2) is 0 Å². The van der Waals surface area contributed by atoms with Gasteiger partial charge in [0.05, 0.1) is 6.10 Å². The molecule has 0 aliphatic carbocycles. The van der Waals surface area contributed by atoms with Crippen molar-refractivity contribution in [3.63, 3.8) is 0 Å². The van der Waals surface area contributed by atoms with Gasteiger partial charge in [0.1, 0.15) is 5.82 Å². The van der Waals surface area contributed by atoms with Gasteiger partial charge in [0.25, 0.3) is 5.91 Å². The third-order valence-electron chi connectivity index (χ3n) is 2.45. The van der Waals surface area contributed by atoms with Gasteiger partial charge in [-0.1, -0.05) is 6.07 Å². The van der Waals surface area contributed by atoms with Crippen molar-refractivity contribution in [1.29, 1.82) is 0 Å². The van der Waals surface area contributed by atoms with E-state index in [-0.39, 0.29) is 12.0 Å². The fourth-order valence-electron chi connectivity index (χ4n) is 1.51. The smallest absolute Gasteiger partial charge is 0.251 e. The van der Waals surface area contributed by atoms with Crippen molar-refractivity contribution in [2.24, 2.45) is 0 Å². The van der Waals surface area contributed by atoms with Crippen LogP contribution in [0.15, 0.2) is 18.2 Å². The van der Waals surface area contributed by atoms with E-state index < -0.39 is 5.82 Å². The van der Waals surface area contributed by atoms with Crippen molar-refractivity contribution in [3.05, 3.63) is 35.1 Å². The molecule has 1 rings (SSSR count). The van der Waals surface area contributed by atoms with Crippen LogP contribution in [0.25, 0.3) is 0 Å². The molecule has 1 aromatic rings. The number of carbonyl (C=O) groups is 1. The highest BCUT2D eigenvalue weighted by Gasteiger charge is 2.11. The second-order valence-electron chi connectivity index (χ2n) is 3.94. The molecule has 0 saturated heterocycles. The molecule has 1 atom stereocenters. The van der Waals surface area contributed by atoms with Crippen molar-refractivity contribution >= 4 is 5.91 Å². The number of halogens is 1. The SMILES string of the molecule is CCOC(C)CNC(=O)c1cc(F)ccc1C. The first-order valence-corrected chi connectivity index (χ1v) is 5.70. The van der Waals surface area contributed by atoms with Crippen molar-refractivity contribution in [1.82, 2.24) is 5.32 Å². The molecular weight excluding hydrogens is 221 g/mol. The zero-order valence-corrected chi connectivity index (χ0v) is 10.4. The van der Waals surface area contributed by atoms with Crippen molar-refractivity contribution in [2.75, 3.05) is 13.2 Å². The van der Waals surface area contributed by atoms with Gasteiger partial charge in [-0.05, 0) is 38.5 Å². The lowest BCUT2D eigenvalue weighted by Crippen LogP contribution is -2.32. The summed E-state index contributed by atoms with van der Waals surface area (Å²) in [7, 11) is 0. The van der Waals surface area contributed by atoms with E-state index in [4.69, 9.17) is 4.74 Å². The molecule has 94 valence electrons. The van der Waals surface area contributed by atoms with Gasteiger partial charge in [-0.2, -0.15) is 0 Å². The topological polar surface area (TPSA) is 38.3 Å². The molecule has 0 aromatic heterocycles. The van der Waals surface area contributed by atoms with Crippen LogP contribution in [0, 0.1) is 12.7 Å². The van der Waals surface area contributed by atoms with Gasteiger partial charge < -0.3 is 10.1 Å². The minimum absolute atomic E-state index is 0.0437. The van der Waals surface area contributed by atoms with Crippen LogP contribution in [0.2, 0.25) is 0 Å². The van der Waals surface area contributed by atoms with Crippen LogP contribution in [0.4, 0.5) is 4.39 Å². The average Bonchev–Trinajstić information content (AvgIpc) is 2.29. The monoisotopic (exact) mass is 239 g/mol. The highest BCUT2D eigenvalue weighted by atomic mass is 19.1. The second kappa shape index (κ2) is 6.35. The lowest BCUT2D eigenvalue weighted by atomic mass is 10.1. The molecule has 1 unspecified atom stereocenters. The number of rotatable bonds is 5. The van der Waals surface area contributed by atoms with Crippen molar-refractivity contribution in [3.8, 4) is 0 Å². The maximum atomic E-state index is 13.0. The molecule has 3 nitrogen and oxygen atoms in total. The summed E-state index contributed by atoms with van der Waals surface area (Å²) in [6.07, 6.45) is -0.0437. The van der Waals surface area contributed by atoms with Gasteiger partial charge in [-0.3, -0.25) is 4.79 Å². The second-order valence-corrected chi connectivity index (χ2v) is 3.94. The zero-order chi connectivity index (χ0) is 12.8. The fourth-order valence-corrected chi connectivity index (χ4v) is 1.51. The maximum absolute atomic E-state index is 13.0. The van der Waals surface area contributed by atoms with Crippen LogP contribution in [-0.2, 0) is 4.74 Å². The lowest BCUT2D eigenvalue weighted by molar-refractivity contribution is 0.0694. The predicted octanol–water partition coefficient (Wildman–Crippen LogP) is 2.29. The Balaban J connectivity index is 2.61. The minimum Gasteiger partial charge on any atom is -0.377 e. The quantitative estimate of drug-likeness (QED) is 0.856. The number of amides is 1. The summed E-state index contributed by atoms with van der Waals surface area (Å²) in [4.78, 5) is 11.8. The summed E-state index contributed by atoms with van der Waals surface area (Å²) < 4.78 is 18.3. The van der Waals surface area contributed by atoms with Gasteiger partial charge in [-0.15, -0.1) is 0 Å². The Morgan fingerprint density at radius 3 is 2.88 bits per heavy atom. The standard InChI is InChI=1S/C13H18FNO2/c1-4-17-10(3)8-15-13(16)12-7-11(14)6-5-9(12)2/h5-7,10H,4,8H2,1-3H3,(H,15,16). The highest BCUT2D eigenvalue weighted by Crippen LogP contribution is 2.09. The molecule has 1 aromatic carbocycles. The molecule has 0 aliphatic heterocycles. The molecule has 4 heteroatoms. The molecule has 0 spiro atoms. The van der Waals surface area contributed by atoms with Gasteiger partial charge in [-0.25, -0.2) is 4.39 Å². The molecule has 0 bridgehead atoms. The number of hydrogen-bond acceptors (Lipinski definition) is 2. The van der Waals surface area contributed by atoms with E-state index in [0.717, 1.165) is 5.56 Å². The molecule has 1 amide bonds. The predicted molar refractivity (Wildman–Crippen MR) is 64.6 cm³/mol. The number of carbonyl (C=O) groups excluding carboxylic acids is 1. The summed E-state index contributed by atoms with van der Waals surface area (Å²) in [6.45, 7) is 6.58. The third kappa shape index (κ3) is 4.15. The van der Waals surface area contributed by atoms with Crippen LogP contribution >= 0.6 is 0 Å². The normalized spacial score (nSPS) is 12.2. The van der Waals surface area contributed by atoms with E-state index >= 15 is 0 Å². The first-order chi connectivity index (χ1) is 8.04. The number of hydrogen-bond donors (Lipinski definition) is 1. The molecule has 0 heterocycles. The molecule has 17 heavy (non-hydrogen) atoms. The Bertz CT molecular complexity index is 393. The van der Waals surface area contributed by atoms with Gasteiger partial charge >= 0.3 is 0 Å². The van der Waals surface area contributed by atoms with Crippen LogP contribution in [0.5, 0.6) is 0 Å². The van der Waals surface area contributed by atoms with Gasteiger partial charge in [0, 0.05) is 18.7 Å². The maximum Gasteiger partial charge on any atom is 0.251 e. The van der Waals surface area contributed by atoms with E-state index in [1.807, 2.05) is 13.8 Å². The minimum atomic E-state index is -0.404. The third-order valence-corrected chi connectivity index (χ3v) is 2.45. The molecule has 1 N–H and O–H groups in total. The Morgan fingerprint density at radius 1 is 1.53 bits per heavy atom. The first-order valence-electron chi connectivity index (χ1n) is 5.70. The average molecular weight is 239 g/mol. The number of ether oxygens (including phenoxy) is 1. The van der Waals surface area contributed by atoms with E-state index in [1.165, 1.54) is 12.1 Å². The Kier molecular flexibility index (Phi) is 5.10. The van der Waals surface area contributed by atoms with E-state index in [1.54, 1.807) is 13.0 Å². The van der Waals surface area contributed by atoms with Crippen LogP contribution in [0.3, 0.4) is 0 Å². The molecule has 0 radical (unpaired) electrons. The Morgan fingerprint density at radius 2 is 2.24 bits per heavy atom. The largest absolute Gasteiger partial charge is 0.377 e. The number of aryl methyl sites for hydroxylation is 1. The lowest BCUT2D eigenvalue weighted by Gasteiger charge is -2.13. The molecule has 0 fully saturated rings. The highest BCUT2D eigenvalue weighted by molar-refractivity contribution is 5.95. The summed E-state index contributed by atoms with van der Waals surface area (Å²) in [5.74, 6) is -0.674. The molecule has 0 saturated carbocycles. The number of benzene rings is 1. The Labute approximate surface area is 101 Å². The van der Waals surface area contributed by atoms with Crippen LogP contribution in [0.1, 0.15) is 29.8 Å². The van der Waals surface area contributed by atoms with Gasteiger partial charge in [0.2, 0.25) is 0 Å². The first kappa shape index (κ1) is 13.6. The van der Waals surface area contributed by atoms with E-state index in [0.29, 0.717) is 18.7 Å². The zero-order valence-electron chi connectivity index (χ0n) is 10.4. The van der Waals surface area contributed by atoms with Crippen LogP contribution in [-0.4, -0.2) is 25.2 Å². The molecule has 0 aliphatic rings. The summed E-state index contributed by atoms with van der Waals surface area (Å²) in [6, 6.07) is 4.18. The summed E-state index contributed by atoms with van der Waals surface area (Å²) >= 11 is 0. The van der Waals surface area contributed by atoms with Crippen LogP contribution < -0.4 is 5.32 Å².